The van der Waals surface area contributed by atoms with Gasteiger partial charge >= 0.3 is 0 Å². The second kappa shape index (κ2) is 7.88. The molecule has 162 valence electrons. The Hall–Kier alpha value is -4.08. The number of nitrogen functional groups attached to an aromatic ring is 1. The minimum absolute atomic E-state index is 0.0141. The van der Waals surface area contributed by atoms with Gasteiger partial charge in [0.25, 0.3) is 0 Å². The Morgan fingerprint density at radius 1 is 1.25 bits per heavy atom. The fourth-order valence-corrected chi connectivity index (χ4v) is 4.13. The quantitative estimate of drug-likeness (QED) is 0.489. The van der Waals surface area contributed by atoms with Gasteiger partial charge in [-0.3, -0.25) is 4.79 Å². The Bertz CT molecular complexity index is 1310. The molecule has 10 heteroatoms. The number of nitrogens with two attached hydrogens (primary N) is 1. The molecule has 10 nitrogen and oxygen atoms in total. The van der Waals surface area contributed by atoms with Gasteiger partial charge in [0.1, 0.15) is 17.8 Å². The summed E-state index contributed by atoms with van der Waals surface area (Å²) in [7, 11) is 0. The largest absolute Gasteiger partial charge is 0.383 e. The highest BCUT2D eigenvalue weighted by Crippen LogP contribution is 2.34. The van der Waals surface area contributed by atoms with Crippen LogP contribution in [0.15, 0.2) is 47.8 Å². The first kappa shape index (κ1) is 19.9. The molecule has 4 aromatic rings. The number of hydrogen-bond donors (Lipinski definition) is 1. The molecule has 1 aliphatic heterocycles. The number of amides is 1. The van der Waals surface area contributed by atoms with E-state index in [0.29, 0.717) is 47.3 Å². The Kier molecular flexibility index (Phi) is 4.89. The van der Waals surface area contributed by atoms with E-state index in [1.807, 2.05) is 28.9 Å². The fraction of sp³-hybridized carbons (Fsp3) is 0.273. The van der Waals surface area contributed by atoms with Gasteiger partial charge in [0.05, 0.1) is 11.4 Å². The van der Waals surface area contributed by atoms with Crippen LogP contribution in [0.25, 0.3) is 33.7 Å². The van der Waals surface area contributed by atoms with Crippen LogP contribution in [-0.4, -0.2) is 53.8 Å². The Morgan fingerprint density at radius 3 is 2.75 bits per heavy atom. The van der Waals surface area contributed by atoms with Gasteiger partial charge in [0, 0.05) is 31.1 Å². The van der Waals surface area contributed by atoms with Crippen molar-refractivity contribution in [2.45, 2.75) is 25.8 Å². The lowest BCUT2D eigenvalue weighted by Gasteiger charge is -2.32. The number of piperidine rings is 1. The highest BCUT2D eigenvalue weighted by Gasteiger charge is 2.28. The zero-order chi connectivity index (χ0) is 22.2. The molecule has 1 aromatic carbocycles. The topological polar surface area (TPSA) is 129 Å². The van der Waals surface area contributed by atoms with Crippen LogP contribution in [0.5, 0.6) is 0 Å². The first-order chi connectivity index (χ1) is 15.5. The standard InChI is InChI=1S/C22H22N8O2/c1-3-17(31)29-10-4-5-16(11-29)30-22-18(20(23)24-12-25-22)19(27-30)14-6-8-15(9-7-14)21-26-13(2)32-28-21/h3,6-9,12,16H,1,4-5,10-11H2,2H3,(H2,23,24,25)/t16-/m1/s1. The van der Waals surface area contributed by atoms with Gasteiger partial charge in [-0.2, -0.15) is 10.1 Å². The maximum atomic E-state index is 12.2. The maximum Gasteiger partial charge on any atom is 0.246 e. The summed E-state index contributed by atoms with van der Waals surface area (Å²) >= 11 is 0. The van der Waals surface area contributed by atoms with Crippen LogP contribution in [0.3, 0.4) is 0 Å². The van der Waals surface area contributed by atoms with Crippen LogP contribution in [0, 0.1) is 6.92 Å². The van der Waals surface area contributed by atoms with Gasteiger partial charge in [-0.15, -0.1) is 0 Å². The molecule has 1 fully saturated rings. The molecule has 0 unspecified atom stereocenters. The molecule has 32 heavy (non-hydrogen) atoms. The first-order valence-electron chi connectivity index (χ1n) is 10.4. The van der Waals surface area contributed by atoms with E-state index in [1.165, 1.54) is 12.4 Å². The van der Waals surface area contributed by atoms with E-state index < -0.39 is 0 Å². The molecule has 2 N–H and O–H groups in total. The molecule has 0 spiro atoms. The van der Waals surface area contributed by atoms with Gasteiger partial charge in [0.15, 0.2) is 5.65 Å². The number of carbonyl (C=O) groups excluding carboxylic acids is 1. The van der Waals surface area contributed by atoms with Crippen LogP contribution < -0.4 is 5.73 Å². The zero-order valence-corrected chi connectivity index (χ0v) is 17.6. The minimum atomic E-state index is -0.0761. The van der Waals surface area contributed by atoms with E-state index in [9.17, 15) is 4.79 Å². The molecule has 1 aliphatic rings. The average Bonchev–Trinajstić information content (AvgIpc) is 3.43. The van der Waals surface area contributed by atoms with Gasteiger partial charge in [-0.05, 0) is 18.9 Å². The molecule has 5 rings (SSSR count). The van der Waals surface area contributed by atoms with E-state index in [0.717, 1.165) is 24.0 Å². The molecule has 1 saturated heterocycles. The van der Waals surface area contributed by atoms with E-state index in [-0.39, 0.29) is 11.9 Å². The second-order valence-corrected chi connectivity index (χ2v) is 7.75. The third-order valence-electron chi connectivity index (χ3n) is 5.69. The number of likely N-dealkylation sites (tertiary alicyclic amines) is 1. The summed E-state index contributed by atoms with van der Waals surface area (Å²) < 4.78 is 6.94. The van der Waals surface area contributed by atoms with Crippen LogP contribution >= 0.6 is 0 Å². The second-order valence-electron chi connectivity index (χ2n) is 7.75. The average molecular weight is 430 g/mol. The lowest BCUT2D eigenvalue weighted by atomic mass is 10.1. The number of anilines is 1. The summed E-state index contributed by atoms with van der Waals surface area (Å²) in [5.41, 5.74) is 9.30. The first-order valence-corrected chi connectivity index (χ1v) is 10.4. The summed E-state index contributed by atoms with van der Waals surface area (Å²) in [5, 5.41) is 9.55. The molecular weight excluding hydrogens is 408 g/mol. The molecule has 0 bridgehead atoms. The van der Waals surface area contributed by atoms with Crippen molar-refractivity contribution in [3.63, 3.8) is 0 Å². The molecular formula is C22H22N8O2. The molecule has 0 saturated carbocycles. The summed E-state index contributed by atoms with van der Waals surface area (Å²) in [6.07, 6.45) is 4.55. The summed E-state index contributed by atoms with van der Waals surface area (Å²) in [5.74, 6) is 1.33. The lowest BCUT2D eigenvalue weighted by molar-refractivity contribution is -0.127. The van der Waals surface area contributed by atoms with Gasteiger partial charge in [-0.1, -0.05) is 36.0 Å². The van der Waals surface area contributed by atoms with Crippen molar-refractivity contribution in [2.24, 2.45) is 0 Å². The van der Waals surface area contributed by atoms with Gasteiger partial charge < -0.3 is 15.2 Å². The normalized spacial score (nSPS) is 16.4. The summed E-state index contributed by atoms with van der Waals surface area (Å²) in [6, 6.07) is 7.69. The van der Waals surface area contributed by atoms with Crippen molar-refractivity contribution < 1.29 is 9.32 Å². The van der Waals surface area contributed by atoms with Gasteiger partial charge in [0.2, 0.25) is 17.6 Å². The van der Waals surface area contributed by atoms with Crippen molar-refractivity contribution >= 4 is 22.8 Å². The van der Waals surface area contributed by atoms with Gasteiger partial charge in [-0.25, -0.2) is 14.6 Å². The van der Waals surface area contributed by atoms with Crippen molar-refractivity contribution in [1.82, 2.24) is 34.8 Å². The third kappa shape index (κ3) is 3.39. The summed E-state index contributed by atoms with van der Waals surface area (Å²) in [6.45, 7) is 6.61. The van der Waals surface area contributed by atoms with Crippen LogP contribution in [0.1, 0.15) is 24.8 Å². The Morgan fingerprint density at radius 2 is 2.03 bits per heavy atom. The predicted molar refractivity (Wildman–Crippen MR) is 118 cm³/mol. The molecule has 1 amide bonds. The lowest BCUT2D eigenvalue weighted by Crippen LogP contribution is -2.40. The highest BCUT2D eigenvalue weighted by atomic mass is 16.5. The van der Waals surface area contributed by atoms with E-state index in [2.05, 4.69) is 26.7 Å². The van der Waals surface area contributed by atoms with Crippen LogP contribution in [0.2, 0.25) is 0 Å². The molecule has 0 radical (unpaired) electrons. The number of nitrogens with zero attached hydrogens (tertiary/aromatic N) is 7. The molecule has 4 heterocycles. The number of fused-ring (bicyclic) bond motifs is 1. The Balaban J connectivity index is 1.56. The maximum absolute atomic E-state index is 12.2. The number of carbonyl (C=O) groups is 1. The van der Waals surface area contributed by atoms with E-state index in [4.69, 9.17) is 15.4 Å². The van der Waals surface area contributed by atoms with Crippen LogP contribution in [-0.2, 0) is 4.79 Å². The number of hydrogen-bond acceptors (Lipinski definition) is 8. The highest BCUT2D eigenvalue weighted by molar-refractivity contribution is 5.98. The van der Waals surface area contributed by atoms with Crippen molar-refractivity contribution in [3.05, 3.63) is 49.1 Å². The number of benzene rings is 1. The molecule has 0 aliphatic carbocycles. The number of rotatable bonds is 4. The monoisotopic (exact) mass is 430 g/mol. The van der Waals surface area contributed by atoms with Crippen molar-refractivity contribution in [3.8, 4) is 22.6 Å². The van der Waals surface area contributed by atoms with Crippen molar-refractivity contribution in [2.75, 3.05) is 18.8 Å². The van der Waals surface area contributed by atoms with E-state index in [1.54, 1.807) is 11.8 Å². The molecule has 1 atom stereocenters. The summed E-state index contributed by atoms with van der Waals surface area (Å²) in [4.78, 5) is 26.9. The van der Waals surface area contributed by atoms with Crippen LogP contribution in [0.4, 0.5) is 5.82 Å². The minimum Gasteiger partial charge on any atom is -0.383 e. The number of aromatic nitrogens is 6. The zero-order valence-electron chi connectivity index (χ0n) is 17.6. The smallest absolute Gasteiger partial charge is 0.246 e. The fourth-order valence-electron chi connectivity index (χ4n) is 4.13. The number of aryl methyl sites for hydroxylation is 1. The van der Waals surface area contributed by atoms with Crippen molar-refractivity contribution in [1.29, 1.82) is 0 Å². The van der Waals surface area contributed by atoms with E-state index >= 15 is 0 Å². The molecule has 3 aromatic heterocycles. The predicted octanol–water partition coefficient (Wildman–Crippen LogP) is 2.78. The Labute approximate surface area is 183 Å². The third-order valence-corrected chi connectivity index (χ3v) is 5.69. The SMILES string of the molecule is C=CC(=O)N1CCC[C@@H](n2nc(-c3ccc(-c4noc(C)n4)cc3)c3c(N)ncnc32)C1.